The summed E-state index contributed by atoms with van der Waals surface area (Å²) in [5, 5.41) is 4.45. The third kappa shape index (κ3) is 4.53. The van der Waals surface area contributed by atoms with E-state index in [-0.39, 0.29) is 27.2 Å². The van der Waals surface area contributed by atoms with Crippen molar-refractivity contribution in [1.29, 1.82) is 0 Å². The number of halogens is 5. The summed E-state index contributed by atoms with van der Waals surface area (Å²) in [5.41, 5.74) is -0.868. The van der Waals surface area contributed by atoms with Gasteiger partial charge in [-0.15, -0.1) is 0 Å². The molecule has 4 aromatic rings. The molecule has 0 N–H and O–H groups in total. The zero-order chi connectivity index (χ0) is 24.8. The second kappa shape index (κ2) is 8.68. The maximum absolute atomic E-state index is 13.1. The Morgan fingerprint density at radius 1 is 0.971 bits per heavy atom. The van der Waals surface area contributed by atoms with Crippen LogP contribution in [0.4, 0.5) is 13.2 Å². The number of fused-ring (bicyclic) bond motifs is 1. The second-order valence-electron chi connectivity index (χ2n) is 7.27. The first-order chi connectivity index (χ1) is 15.9. The number of pyridine rings is 1. The van der Waals surface area contributed by atoms with Crippen LogP contribution in [-0.2, 0) is 16.0 Å². The fourth-order valence-electron chi connectivity index (χ4n) is 3.34. The molecule has 2 heterocycles. The lowest BCUT2D eigenvalue weighted by atomic mass is 10.1. The molecule has 0 spiro atoms. The summed E-state index contributed by atoms with van der Waals surface area (Å²) in [6.45, 7) is 1.43. The third-order valence-corrected chi connectivity index (χ3v) is 7.23. The number of benzene rings is 2. The zero-order valence-electron chi connectivity index (χ0n) is 17.3. The lowest BCUT2D eigenvalue weighted by Crippen LogP contribution is -2.24. The number of hydrogen-bond acceptors (Lipinski definition) is 5. The van der Waals surface area contributed by atoms with Crippen LogP contribution in [-0.4, -0.2) is 28.9 Å². The number of alkyl halides is 3. The molecule has 4 rings (SSSR count). The van der Waals surface area contributed by atoms with Crippen LogP contribution in [0.3, 0.4) is 0 Å². The van der Waals surface area contributed by atoms with Gasteiger partial charge >= 0.3 is 6.18 Å². The molecule has 0 amide bonds. The van der Waals surface area contributed by atoms with Crippen molar-refractivity contribution in [3.63, 3.8) is 0 Å². The molecule has 34 heavy (non-hydrogen) atoms. The van der Waals surface area contributed by atoms with E-state index in [1.54, 1.807) is 12.1 Å². The monoisotopic (exact) mass is 527 g/mol. The van der Waals surface area contributed by atoms with Crippen LogP contribution in [0.25, 0.3) is 27.7 Å². The number of nitrogens with zero attached hydrogens (tertiary/aromatic N) is 3. The van der Waals surface area contributed by atoms with Crippen LogP contribution in [0, 0.1) is 0 Å². The van der Waals surface area contributed by atoms with E-state index in [4.69, 9.17) is 23.2 Å². The molecule has 0 unspecified atom stereocenters. The van der Waals surface area contributed by atoms with Crippen LogP contribution in [0.15, 0.2) is 64.5 Å². The molecule has 2 aromatic carbocycles. The molecule has 0 aliphatic rings. The Morgan fingerprint density at radius 2 is 1.65 bits per heavy atom. The molecule has 0 saturated carbocycles. The van der Waals surface area contributed by atoms with Crippen LogP contribution < -0.4 is 5.56 Å². The van der Waals surface area contributed by atoms with Gasteiger partial charge in [0.15, 0.2) is 15.7 Å². The van der Waals surface area contributed by atoms with Crippen molar-refractivity contribution in [3.05, 3.63) is 80.8 Å². The number of rotatable bonds is 4. The molecule has 2 aromatic heterocycles. The minimum atomic E-state index is -4.59. The first-order valence-electron chi connectivity index (χ1n) is 9.69. The molecule has 0 radical (unpaired) electrons. The summed E-state index contributed by atoms with van der Waals surface area (Å²) in [6.07, 6.45) is -2.20. The second-order valence-corrected chi connectivity index (χ2v) is 10.4. The molecule has 0 saturated heterocycles. The first-order valence-corrected chi connectivity index (χ1v) is 12.1. The van der Waals surface area contributed by atoms with Crippen molar-refractivity contribution in [2.45, 2.75) is 18.0 Å². The molecule has 0 aliphatic heterocycles. The van der Waals surface area contributed by atoms with Gasteiger partial charge in [-0.05, 0) is 48.0 Å². The highest BCUT2D eigenvalue weighted by Gasteiger charge is 2.31. The lowest BCUT2D eigenvalue weighted by molar-refractivity contribution is -0.137. The van der Waals surface area contributed by atoms with Crippen molar-refractivity contribution in [1.82, 2.24) is 14.8 Å². The van der Waals surface area contributed by atoms with Crippen LogP contribution >= 0.6 is 23.2 Å². The summed E-state index contributed by atoms with van der Waals surface area (Å²) in [7, 11) is -3.90. The third-order valence-electron chi connectivity index (χ3n) is 5.06. The Labute approximate surface area is 201 Å². The van der Waals surface area contributed by atoms with Crippen molar-refractivity contribution in [2.75, 3.05) is 5.75 Å². The van der Waals surface area contributed by atoms with Gasteiger partial charge in [0.05, 0.1) is 22.9 Å². The molecule has 6 nitrogen and oxygen atoms in total. The predicted octanol–water partition coefficient (Wildman–Crippen LogP) is 5.57. The molecule has 0 atom stereocenters. The van der Waals surface area contributed by atoms with Crippen molar-refractivity contribution in [3.8, 4) is 16.9 Å². The molecule has 12 heteroatoms. The summed E-state index contributed by atoms with van der Waals surface area (Å²) in [5.74, 6) is -0.566. The summed E-state index contributed by atoms with van der Waals surface area (Å²) >= 11 is 12.1. The van der Waals surface area contributed by atoms with Gasteiger partial charge in [-0.25, -0.2) is 13.4 Å². The van der Waals surface area contributed by atoms with Gasteiger partial charge in [-0.3, -0.25) is 4.79 Å². The van der Waals surface area contributed by atoms with Gasteiger partial charge in [-0.1, -0.05) is 30.1 Å². The fourth-order valence-corrected chi connectivity index (χ4v) is 4.90. The molecule has 0 bridgehead atoms. The van der Waals surface area contributed by atoms with Gasteiger partial charge in [0, 0.05) is 27.2 Å². The quantitative estimate of drug-likeness (QED) is 0.346. The summed E-state index contributed by atoms with van der Waals surface area (Å²) in [6, 6.07) is 8.59. The van der Waals surface area contributed by atoms with Crippen LogP contribution in [0.2, 0.25) is 10.0 Å². The first kappa shape index (κ1) is 24.2. The standard InChI is InChI=1S/C22H14Cl2F3N3O3S/c1-2-34(32,33)19-8-13(12-6-16(23)9-17(24)7-12)10-28-20(19)30-21(31)18-4-3-15(22(25,26)27)5-14(18)11-29-30/h3-11H,2H2,1H3. The minimum Gasteiger partial charge on any atom is -0.267 e. The maximum atomic E-state index is 13.1. The highest BCUT2D eigenvalue weighted by atomic mass is 35.5. The van der Waals surface area contributed by atoms with E-state index in [0.717, 1.165) is 29.1 Å². The van der Waals surface area contributed by atoms with E-state index in [2.05, 4.69) is 10.1 Å². The number of sulfone groups is 1. The summed E-state index contributed by atoms with van der Waals surface area (Å²) in [4.78, 5) is 17.0. The average Bonchev–Trinajstić information content (AvgIpc) is 2.77. The Hall–Kier alpha value is -2.95. The Bertz CT molecular complexity index is 1580. The molecule has 0 aliphatic carbocycles. The summed E-state index contributed by atoms with van der Waals surface area (Å²) < 4.78 is 65.6. The van der Waals surface area contributed by atoms with E-state index < -0.39 is 27.1 Å². The Balaban J connectivity index is 1.95. The topological polar surface area (TPSA) is 81.9 Å². The Morgan fingerprint density at radius 3 is 2.26 bits per heavy atom. The smallest absolute Gasteiger partial charge is 0.267 e. The molecule has 176 valence electrons. The predicted molar refractivity (Wildman–Crippen MR) is 123 cm³/mol. The van der Waals surface area contributed by atoms with E-state index in [1.165, 1.54) is 25.3 Å². The SMILES string of the molecule is CCS(=O)(=O)c1cc(-c2cc(Cl)cc(Cl)c2)cnc1-n1ncc2cc(C(F)(F)F)ccc2c1=O. The van der Waals surface area contributed by atoms with Crippen molar-refractivity contribution < 1.29 is 21.6 Å². The molecule has 0 fully saturated rings. The minimum absolute atomic E-state index is 0.0406. The zero-order valence-corrected chi connectivity index (χ0v) is 19.6. The largest absolute Gasteiger partial charge is 0.416 e. The van der Waals surface area contributed by atoms with Crippen LogP contribution in [0.1, 0.15) is 12.5 Å². The van der Waals surface area contributed by atoms with Crippen molar-refractivity contribution >= 4 is 43.8 Å². The molecular formula is C22H14Cl2F3N3O3S. The molecular weight excluding hydrogens is 514 g/mol. The average molecular weight is 528 g/mol. The van der Waals surface area contributed by atoms with Gasteiger partial charge < -0.3 is 0 Å². The van der Waals surface area contributed by atoms with E-state index in [1.807, 2.05) is 0 Å². The van der Waals surface area contributed by atoms with E-state index in [9.17, 15) is 26.4 Å². The van der Waals surface area contributed by atoms with Gasteiger partial charge in [0.25, 0.3) is 5.56 Å². The van der Waals surface area contributed by atoms with E-state index >= 15 is 0 Å². The normalized spacial score (nSPS) is 12.3. The maximum Gasteiger partial charge on any atom is 0.416 e. The highest BCUT2D eigenvalue weighted by molar-refractivity contribution is 7.91. The van der Waals surface area contributed by atoms with Crippen molar-refractivity contribution in [2.24, 2.45) is 0 Å². The Kier molecular flexibility index (Phi) is 6.17. The lowest BCUT2D eigenvalue weighted by Gasteiger charge is -2.13. The van der Waals surface area contributed by atoms with Crippen LogP contribution in [0.5, 0.6) is 0 Å². The highest BCUT2D eigenvalue weighted by Crippen LogP contribution is 2.32. The van der Waals surface area contributed by atoms with Gasteiger partial charge in [0.1, 0.15) is 4.90 Å². The number of hydrogen-bond donors (Lipinski definition) is 0. The van der Waals surface area contributed by atoms with Gasteiger partial charge in [-0.2, -0.15) is 23.0 Å². The number of aromatic nitrogens is 3. The fraction of sp³-hybridized carbons (Fsp3) is 0.136. The van der Waals surface area contributed by atoms with Gasteiger partial charge in [0.2, 0.25) is 0 Å². The van der Waals surface area contributed by atoms with E-state index in [0.29, 0.717) is 21.2 Å².